The minimum Gasteiger partial charge on any atom is -0.497 e. The van der Waals surface area contributed by atoms with Crippen LogP contribution < -0.4 is 14.8 Å². The van der Waals surface area contributed by atoms with Crippen LogP contribution in [0.25, 0.3) is 21.6 Å². The first-order valence-corrected chi connectivity index (χ1v) is 11.3. The maximum absolute atomic E-state index is 13.2. The number of nitrogens with one attached hydrogen (secondary N) is 1. The average molecular weight is 474 g/mol. The van der Waals surface area contributed by atoms with Gasteiger partial charge in [-0.1, -0.05) is 30.3 Å². The summed E-state index contributed by atoms with van der Waals surface area (Å²) in [6.07, 6.45) is 0. The van der Waals surface area contributed by atoms with Gasteiger partial charge in [-0.25, -0.2) is 4.79 Å². The van der Waals surface area contributed by atoms with Crippen molar-refractivity contribution in [2.24, 2.45) is 0 Å². The van der Waals surface area contributed by atoms with Crippen LogP contribution in [0, 0.1) is 0 Å². The van der Waals surface area contributed by atoms with E-state index in [2.05, 4.69) is 5.32 Å². The number of rotatable bonds is 7. The number of hydrogen-bond acceptors (Lipinski definition) is 6. The van der Waals surface area contributed by atoms with E-state index in [0.717, 1.165) is 21.6 Å². The number of carbonyl (C=O) groups excluding carboxylic acids is 2. The lowest BCUT2D eigenvalue weighted by Crippen LogP contribution is -2.12. The van der Waals surface area contributed by atoms with Crippen molar-refractivity contribution in [3.8, 4) is 33.1 Å². The normalized spacial score (nSPS) is 10.4. The van der Waals surface area contributed by atoms with Gasteiger partial charge in [-0.05, 0) is 53.6 Å². The molecule has 7 heteroatoms. The summed E-state index contributed by atoms with van der Waals surface area (Å²) in [5, 5.41) is 3.00. The smallest absolute Gasteiger partial charge is 0.348 e. The van der Waals surface area contributed by atoms with Gasteiger partial charge in [0.1, 0.15) is 16.4 Å². The summed E-state index contributed by atoms with van der Waals surface area (Å²) >= 11 is 1.31. The maximum Gasteiger partial charge on any atom is 0.348 e. The highest BCUT2D eigenvalue weighted by atomic mass is 32.1. The van der Waals surface area contributed by atoms with Crippen molar-refractivity contribution in [1.29, 1.82) is 0 Å². The molecule has 0 atom stereocenters. The van der Waals surface area contributed by atoms with Crippen LogP contribution in [0.4, 0.5) is 5.69 Å². The third kappa shape index (κ3) is 4.94. The first-order chi connectivity index (χ1) is 16.5. The molecule has 6 nitrogen and oxygen atoms in total. The zero-order chi connectivity index (χ0) is 24.1. The van der Waals surface area contributed by atoms with Gasteiger partial charge in [0.2, 0.25) is 0 Å². The molecule has 4 rings (SSSR count). The van der Waals surface area contributed by atoms with E-state index in [-0.39, 0.29) is 11.9 Å². The topological polar surface area (TPSA) is 73.9 Å². The summed E-state index contributed by atoms with van der Waals surface area (Å²) in [5.41, 5.74) is 3.72. The van der Waals surface area contributed by atoms with Gasteiger partial charge in [-0.3, -0.25) is 4.79 Å². The van der Waals surface area contributed by atoms with Gasteiger partial charge in [0.25, 0.3) is 5.91 Å². The molecule has 0 radical (unpaired) electrons. The molecule has 1 aromatic heterocycles. The number of amides is 1. The minimum atomic E-state index is -0.385. The lowest BCUT2D eigenvalue weighted by atomic mass is 10.0. The molecule has 1 amide bonds. The minimum absolute atomic E-state index is 0.242. The fourth-order valence-corrected chi connectivity index (χ4v) is 4.47. The van der Waals surface area contributed by atoms with Crippen LogP contribution in [-0.4, -0.2) is 33.2 Å². The van der Waals surface area contributed by atoms with Crippen molar-refractivity contribution in [3.05, 3.63) is 89.3 Å². The van der Waals surface area contributed by atoms with Crippen molar-refractivity contribution >= 4 is 28.9 Å². The second-order valence-corrected chi connectivity index (χ2v) is 8.42. The third-order valence-corrected chi connectivity index (χ3v) is 6.34. The van der Waals surface area contributed by atoms with Crippen LogP contribution in [-0.2, 0) is 4.74 Å². The summed E-state index contributed by atoms with van der Waals surface area (Å²) in [6.45, 7) is 0. The Kier molecular flexibility index (Phi) is 6.94. The van der Waals surface area contributed by atoms with Crippen molar-refractivity contribution in [2.45, 2.75) is 0 Å². The molecule has 0 fully saturated rings. The van der Waals surface area contributed by atoms with Gasteiger partial charge >= 0.3 is 5.97 Å². The molecule has 0 aliphatic heterocycles. The highest BCUT2D eigenvalue weighted by molar-refractivity contribution is 7.17. The molecule has 0 aliphatic rings. The summed E-state index contributed by atoms with van der Waals surface area (Å²) in [6, 6.07) is 24.0. The highest BCUT2D eigenvalue weighted by Gasteiger charge is 2.15. The molecule has 3 aromatic carbocycles. The summed E-state index contributed by atoms with van der Waals surface area (Å²) < 4.78 is 15.5. The second-order valence-electron chi connectivity index (χ2n) is 7.34. The molecule has 0 saturated carbocycles. The Morgan fingerprint density at radius 2 is 1.50 bits per heavy atom. The molecule has 0 spiro atoms. The Labute approximate surface area is 201 Å². The Bertz CT molecular complexity index is 1320. The number of anilines is 1. The molecular formula is C27H23NO5S. The van der Waals surface area contributed by atoms with Gasteiger partial charge in [0.15, 0.2) is 0 Å². The first-order valence-electron chi connectivity index (χ1n) is 10.4. The number of methoxy groups -OCH3 is 3. The number of benzene rings is 3. The Morgan fingerprint density at radius 3 is 2.21 bits per heavy atom. The van der Waals surface area contributed by atoms with E-state index in [9.17, 15) is 9.59 Å². The number of thiophene rings is 1. The number of esters is 1. The molecule has 172 valence electrons. The molecule has 0 unspecified atom stereocenters. The average Bonchev–Trinajstić information content (AvgIpc) is 3.38. The maximum atomic E-state index is 13.2. The van der Waals surface area contributed by atoms with E-state index in [1.165, 1.54) is 18.4 Å². The summed E-state index contributed by atoms with van der Waals surface area (Å²) in [4.78, 5) is 26.3. The van der Waals surface area contributed by atoms with Crippen molar-refractivity contribution < 1.29 is 23.8 Å². The van der Waals surface area contributed by atoms with E-state index >= 15 is 0 Å². The lowest BCUT2D eigenvalue weighted by molar-refractivity contribution is 0.0606. The van der Waals surface area contributed by atoms with Crippen molar-refractivity contribution in [2.75, 3.05) is 26.6 Å². The molecule has 0 bridgehead atoms. The Hall–Kier alpha value is -4.10. The van der Waals surface area contributed by atoms with Crippen LogP contribution >= 0.6 is 11.3 Å². The molecular weight excluding hydrogens is 450 g/mol. The molecule has 0 aliphatic carbocycles. The fraction of sp³-hybridized carbons (Fsp3) is 0.111. The third-order valence-electron chi connectivity index (χ3n) is 5.24. The summed E-state index contributed by atoms with van der Waals surface area (Å²) in [7, 11) is 4.55. The van der Waals surface area contributed by atoms with Gasteiger partial charge in [-0.15, -0.1) is 11.3 Å². The van der Waals surface area contributed by atoms with E-state index < -0.39 is 0 Å². The van der Waals surface area contributed by atoms with Crippen molar-refractivity contribution in [1.82, 2.24) is 0 Å². The standard InChI is InChI=1S/C27H23NO5S/c1-31-20-14-19(15-21(16-20)32-2)17-7-6-8-18(13-17)26(29)28-23-10-5-4-9-22(23)24-11-12-25(34-24)27(30)33-3/h4-16H,1-3H3,(H,28,29). The molecule has 1 N–H and O–H groups in total. The van der Waals surface area contributed by atoms with Crippen molar-refractivity contribution in [3.63, 3.8) is 0 Å². The predicted octanol–water partition coefficient (Wildman–Crippen LogP) is 6.14. The van der Waals surface area contributed by atoms with E-state index in [0.29, 0.717) is 27.6 Å². The number of ether oxygens (including phenoxy) is 3. The number of para-hydroxylation sites is 1. The number of carbonyl (C=O) groups is 2. The van der Waals surface area contributed by atoms with Gasteiger partial charge in [-0.2, -0.15) is 0 Å². The fourth-order valence-electron chi connectivity index (χ4n) is 3.51. The van der Waals surface area contributed by atoms with Crippen LogP contribution in [0.5, 0.6) is 11.5 Å². The van der Waals surface area contributed by atoms with E-state index in [1.807, 2.05) is 60.7 Å². The summed E-state index contributed by atoms with van der Waals surface area (Å²) in [5.74, 6) is 0.707. The second kappa shape index (κ2) is 10.2. The lowest BCUT2D eigenvalue weighted by Gasteiger charge is -2.12. The van der Waals surface area contributed by atoms with Crippen LogP contribution in [0.3, 0.4) is 0 Å². The zero-order valence-electron chi connectivity index (χ0n) is 19.0. The van der Waals surface area contributed by atoms with Crippen LogP contribution in [0.15, 0.2) is 78.9 Å². The quantitative estimate of drug-likeness (QED) is 0.327. The Balaban J connectivity index is 1.62. The predicted molar refractivity (Wildman–Crippen MR) is 134 cm³/mol. The monoisotopic (exact) mass is 473 g/mol. The molecule has 34 heavy (non-hydrogen) atoms. The van der Waals surface area contributed by atoms with Crippen LogP contribution in [0.2, 0.25) is 0 Å². The van der Waals surface area contributed by atoms with Gasteiger partial charge < -0.3 is 19.5 Å². The zero-order valence-corrected chi connectivity index (χ0v) is 19.8. The largest absolute Gasteiger partial charge is 0.497 e. The first kappa shape index (κ1) is 23.1. The number of hydrogen-bond donors (Lipinski definition) is 1. The van der Waals surface area contributed by atoms with Crippen LogP contribution in [0.1, 0.15) is 20.0 Å². The van der Waals surface area contributed by atoms with E-state index in [4.69, 9.17) is 14.2 Å². The van der Waals surface area contributed by atoms with Gasteiger partial charge in [0.05, 0.1) is 21.3 Å². The molecule has 0 saturated heterocycles. The van der Waals surface area contributed by atoms with E-state index in [1.54, 1.807) is 32.4 Å². The Morgan fingerprint density at radius 1 is 0.765 bits per heavy atom. The van der Waals surface area contributed by atoms with Gasteiger partial charge in [0, 0.05) is 27.8 Å². The highest BCUT2D eigenvalue weighted by Crippen LogP contribution is 2.34. The molecule has 1 heterocycles. The SMILES string of the molecule is COC(=O)c1ccc(-c2ccccc2NC(=O)c2cccc(-c3cc(OC)cc(OC)c3)c2)s1. The molecule has 4 aromatic rings.